The van der Waals surface area contributed by atoms with Gasteiger partial charge in [0.15, 0.2) is 11.6 Å². The predicted octanol–water partition coefficient (Wildman–Crippen LogP) is 2.75. The summed E-state index contributed by atoms with van der Waals surface area (Å²) in [6.07, 6.45) is 2.30. The highest BCUT2D eigenvalue weighted by Crippen LogP contribution is 2.37. The summed E-state index contributed by atoms with van der Waals surface area (Å²) in [5.41, 5.74) is 0. The molecule has 0 aromatic heterocycles. The van der Waals surface area contributed by atoms with E-state index in [0.29, 0.717) is 0 Å². The largest absolute Gasteiger partial charge is 0.506 e. The van der Waals surface area contributed by atoms with Crippen molar-refractivity contribution >= 4 is 15.9 Å². The first-order valence-electron chi connectivity index (χ1n) is 2.67. The SMILES string of the molecule is OC1=C(F)C=CCC1(F)Br. The van der Waals surface area contributed by atoms with Crippen molar-refractivity contribution in [1.82, 2.24) is 0 Å². The van der Waals surface area contributed by atoms with E-state index in [4.69, 9.17) is 5.11 Å². The van der Waals surface area contributed by atoms with Crippen LogP contribution in [0, 0.1) is 0 Å². The molecule has 1 rings (SSSR count). The van der Waals surface area contributed by atoms with Crippen LogP contribution in [-0.2, 0) is 0 Å². The van der Waals surface area contributed by atoms with Crippen LogP contribution in [0.1, 0.15) is 6.42 Å². The van der Waals surface area contributed by atoms with Gasteiger partial charge in [-0.15, -0.1) is 0 Å². The lowest BCUT2D eigenvalue weighted by Gasteiger charge is -2.18. The number of rotatable bonds is 0. The maximum atomic E-state index is 12.8. The summed E-state index contributed by atoms with van der Waals surface area (Å²) in [5.74, 6) is -1.80. The molecule has 1 nitrogen and oxygen atoms in total. The monoisotopic (exact) mass is 210 g/mol. The molecule has 10 heavy (non-hydrogen) atoms. The summed E-state index contributed by atoms with van der Waals surface area (Å²) in [4.78, 5) is 0. The number of allylic oxidation sites excluding steroid dienone is 4. The zero-order chi connectivity index (χ0) is 7.78. The van der Waals surface area contributed by atoms with Crippen molar-refractivity contribution in [2.75, 3.05) is 0 Å². The van der Waals surface area contributed by atoms with Crippen LogP contribution in [0.25, 0.3) is 0 Å². The maximum absolute atomic E-state index is 12.8. The van der Waals surface area contributed by atoms with Crippen molar-refractivity contribution in [3.63, 3.8) is 0 Å². The molecule has 0 spiro atoms. The van der Waals surface area contributed by atoms with Crippen LogP contribution >= 0.6 is 15.9 Å². The first-order valence-corrected chi connectivity index (χ1v) is 3.47. The lowest BCUT2D eigenvalue weighted by molar-refractivity contribution is 0.222. The molecule has 0 bridgehead atoms. The van der Waals surface area contributed by atoms with Crippen LogP contribution in [0.2, 0.25) is 0 Å². The fraction of sp³-hybridized carbons (Fsp3) is 0.333. The van der Waals surface area contributed by atoms with Gasteiger partial charge in [0.1, 0.15) is 0 Å². The van der Waals surface area contributed by atoms with Gasteiger partial charge in [-0.05, 0) is 22.0 Å². The molecule has 1 N–H and O–H groups in total. The molecule has 0 amide bonds. The van der Waals surface area contributed by atoms with E-state index in [2.05, 4.69) is 15.9 Å². The molecule has 0 aromatic carbocycles. The third kappa shape index (κ3) is 1.21. The minimum atomic E-state index is -2.11. The maximum Gasteiger partial charge on any atom is 0.227 e. The van der Waals surface area contributed by atoms with Crippen LogP contribution in [0.5, 0.6) is 0 Å². The number of aliphatic hydroxyl groups excluding tert-OH is 1. The van der Waals surface area contributed by atoms with E-state index in [1.807, 2.05) is 0 Å². The van der Waals surface area contributed by atoms with Gasteiger partial charge in [0.2, 0.25) is 4.58 Å². The first kappa shape index (κ1) is 7.72. The van der Waals surface area contributed by atoms with Crippen molar-refractivity contribution in [2.45, 2.75) is 11.0 Å². The van der Waals surface area contributed by atoms with Gasteiger partial charge in [-0.3, -0.25) is 0 Å². The van der Waals surface area contributed by atoms with Gasteiger partial charge in [0, 0.05) is 6.42 Å². The highest BCUT2D eigenvalue weighted by atomic mass is 79.9. The minimum absolute atomic E-state index is 0.0494. The van der Waals surface area contributed by atoms with E-state index in [1.54, 1.807) is 0 Å². The Morgan fingerprint density at radius 1 is 1.70 bits per heavy atom. The molecule has 1 atom stereocenters. The molecule has 1 aliphatic carbocycles. The lowest BCUT2D eigenvalue weighted by atomic mass is 10.1. The highest BCUT2D eigenvalue weighted by molar-refractivity contribution is 9.10. The quantitative estimate of drug-likeness (QED) is 0.610. The zero-order valence-corrected chi connectivity index (χ0v) is 6.53. The highest BCUT2D eigenvalue weighted by Gasteiger charge is 2.34. The van der Waals surface area contributed by atoms with Crippen LogP contribution in [0.4, 0.5) is 8.78 Å². The summed E-state index contributed by atoms with van der Waals surface area (Å²) in [6.45, 7) is 0. The summed E-state index contributed by atoms with van der Waals surface area (Å²) in [7, 11) is 0. The normalized spacial score (nSPS) is 33.1. The van der Waals surface area contributed by atoms with Crippen molar-refractivity contribution < 1.29 is 13.9 Å². The van der Waals surface area contributed by atoms with E-state index >= 15 is 0 Å². The molecule has 4 heteroatoms. The lowest BCUT2D eigenvalue weighted by Crippen LogP contribution is -2.19. The summed E-state index contributed by atoms with van der Waals surface area (Å²) >= 11 is 2.53. The Morgan fingerprint density at radius 3 is 2.70 bits per heavy atom. The molecule has 0 heterocycles. The topological polar surface area (TPSA) is 20.2 Å². The molecule has 0 fully saturated rings. The van der Waals surface area contributed by atoms with Crippen molar-refractivity contribution in [3.8, 4) is 0 Å². The second-order valence-corrected chi connectivity index (χ2v) is 3.26. The number of aliphatic hydroxyl groups is 1. The molecular weight excluding hydrogens is 206 g/mol. The summed E-state index contributed by atoms with van der Waals surface area (Å²) in [6, 6.07) is 0. The van der Waals surface area contributed by atoms with Crippen molar-refractivity contribution in [3.05, 3.63) is 23.7 Å². The number of hydrogen-bond acceptors (Lipinski definition) is 1. The number of halogens is 3. The number of hydrogen-bond donors (Lipinski definition) is 1. The molecule has 0 aliphatic heterocycles. The molecule has 56 valence electrons. The Balaban J connectivity index is 2.99. The van der Waals surface area contributed by atoms with Gasteiger partial charge in [-0.1, -0.05) is 6.08 Å². The molecule has 1 aliphatic rings. The van der Waals surface area contributed by atoms with E-state index in [1.165, 1.54) is 6.08 Å². The van der Waals surface area contributed by atoms with Gasteiger partial charge < -0.3 is 5.11 Å². The molecular formula is C6H5BrF2O. The van der Waals surface area contributed by atoms with Gasteiger partial charge >= 0.3 is 0 Å². The van der Waals surface area contributed by atoms with Crippen LogP contribution in [-0.4, -0.2) is 9.68 Å². The van der Waals surface area contributed by atoms with E-state index in [0.717, 1.165) is 6.08 Å². The minimum Gasteiger partial charge on any atom is -0.506 e. The van der Waals surface area contributed by atoms with E-state index < -0.39 is 16.2 Å². The third-order valence-corrected chi connectivity index (χ3v) is 1.91. The molecule has 0 saturated carbocycles. The van der Waals surface area contributed by atoms with E-state index in [-0.39, 0.29) is 6.42 Å². The van der Waals surface area contributed by atoms with Crippen LogP contribution in [0.15, 0.2) is 23.7 Å². The van der Waals surface area contributed by atoms with Gasteiger partial charge in [0.25, 0.3) is 0 Å². The van der Waals surface area contributed by atoms with Gasteiger partial charge in [-0.25, -0.2) is 8.78 Å². The summed E-state index contributed by atoms with van der Waals surface area (Å²) < 4.78 is 23.1. The average Bonchev–Trinajstić information content (AvgIpc) is 1.83. The Kier molecular flexibility index (Phi) is 1.81. The van der Waals surface area contributed by atoms with Crippen LogP contribution in [0.3, 0.4) is 0 Å². The Hall–Kier alpha value is -0.380. The smallest absolute Gasteiger partial charge is 0.227 e. The fourth-order valence-electron chi connectivity index (χ4n) is 0.661. The van der Waals surface area contributed by atoms with Gasteiger partial charge in [-0.2, -0.15) is 0 Å². The summed E-state index contributed by atoms with van der Waals surface area (Å²) in [5, 5.41) is 8.74. The molecule has 0 saturated heterocycles. The zero-order valence-electron chi connectivity index (χ0n) is 4.94. The second-order valence-electron chi connectivity index (χ2n) is 2.01. The Bertz CT molecular complexity index is 208. The Labute approximate surface area is 65.2 Å². The van der Waals surface area contributed by atoms with Crippen molar-refractivity contribution in [2.24, 2.45) is 0 Å². The predicted molar refractivity (Wildman–Crippen MR) is 37.3 cm³/mol. The third-order valence-electron chi connectivity index (χ3n) is 1.21. The fourth-order valence-corrected chi connectivity index (χ4v) is 1.04. The average molecular weight is 211 g/mol. The standard InChI is InChI=1S/C6H5BrF2O/c7-6(9)3-1-2-4(8)5(6)10/h1-2,10H,3H2. The first-order chi connectivity index (χ1) is 4.54. The Morgan fingerprint density at radius 2 is 2.30 bits per heavy atom. The van der Waals surface area contributed by atoms with E-state index in [9.17, 15) is 8.78 Å². The molecule has 1 unspecified atom stereocenters. The van der Waals surface area contributed by atoms with Crippen molar-refractivity contribution in [1.29, 1.82) is 0 Å². The molecule has 0 aromatic rings. The second kappa shape index (κ2) is 2.34. The van der Waals surface area contributed by atoms with Gasteiger partial charge in [0.05, 0.1) is 0 Å². The number of alkyl halides is 2. The molecule has 0 radical (unpaired) electrons. The van der Waals surface area contributed by atoms with Crippen LogP contribution < -0.4 is 0 Å².